The Bertz CT molecular complexity index is 649. The molecule has 8 heteroatoms. The van der Waals surface area contributed by atoms with Crippen molar-refractivity contribution in [3.63, 3.8) is 0 Å². The van der Waals surface area contributed by atoms with Crippen molar-refractivity contribution in [2.24, 2.45) is 0 Å². The lowest BCUT2D eigenvalue weighted by molar-refractivity contribution is 0.0686. The van der Waals surface area contributed by atoms with Crippen LogP contribution in [0.25, 0.3) is 10.7 Å². The molecule has 0 atom stereocenters. The molecule has 0 spiro atoms. The van der Waals surface area contributed by atoms with E-state index in [0.29, 0.717) is 4.88 Å². The van der Waals surface area contributed by atoms with E-state index in [1.54, 1.807) is 11.4 Å². The summed E-state index contributed by atoms with van der Waals surface area (Å²) in [5.74, 6) is -2.23. The fraction of sp³-hybridized carbons (Fsp3) is 0. The fourth-order valence-electron chi connectivity index (χ4n) is 1.17. The van der Waals surface area contributed by atoms with Crippen molar-refractivity contribution < 1.29 is 15.0 Å². The van der Waals surface area contributed by atoms with Crippen LogP contribution in [-0.4, -0.2) is 26.2 Å². The van der Waals surface area contributed by atoms with Crippen LogP contribution in [0.5, 0.6) is 5.75 Å². The van der Waals surface area contributed by atoms with Gasteiger partial charge < -0.3 is 15.2 Å². The molecule has 0 saturated carbocycles. The van der Waals surface area contributed by atoms with Gasteiger partial charge in [-0.1, -0.05) is 0 Å². The van der Waals surface area contributed by atoms with E-state index < -0.39 is 23.0 Å². The second kappa shape index (κ2) is 4.30. The summed E-state index contributed by atoms with van der Waals surface area (Å²) in [6.45, 7) is 0. The smallest absolute Gasteiger partial charge is 0.358 e. The standard InChI is InChI=1S/C9H5BrN2O4S/c10-3-1-4(17-2-3)7-11-5(9(15)16)6(13)8(14)12-7/h1-2,13H,(H,15,16)(H,11,12,14). The molecule has 2 aromatic heterocycles. The number of rotatable bonds is 2. The minimum absolute atomic E-state index is 0.112. The van der Waals surface area contributed by atoms with Crippen LogP contribution in [0.2, 0.25) is 0 Å². The summed E-state index contributed by atoms with van der Waals surface area (Å²) in [6, 6.07) is 1.69. The number of carbonyl (C=O) groups is 1. The Morgan fingerprint density at radius 3 is 2.76 bits per heavy atom. The van der Waals surface area contributed by atoms with Crippen molar-refractivity contribution in [2.75, 3.05) is 0 Å². The molecular weight excluding hydrogens is 312 g/mol. The number of carboxylic acid groups (broad SMARTS) is 1. The van der Waals surface area contributed by atoms with Crippen LogP contribution in [0.4, 0.5) is 0 Å². The number of halogens is 1. The van der Waals surface area contributed by atoms with E-state index in [0.717, 1.165) is 4.47 Å². The van der Waals surface area contributed by atoms with E-state index in [1.807, 2.05) is 0 Å². The van der Waals surface area contributed by atoms with Crippen molar-refractivity contribution in [2.45, 2.75) is 0 Å². The molecule has 17 heavy (non-hydrogen) atoms. The molecule has 2 heterocycles. The molecule has 0 aliphatic carbocycles. The van der Waals surface area contributed by atoms with Gasteiger partial charge in [-0.2, -0.15) is 0 Å². The molecule has 0 saturated heterocycles. The lowest BCUT2D eigenvalue weighted by atomic mass is 10.3. The molecule has 0 radical (unpaired) electrons. The molecule has 0 aromatic carbocycles. The summed E-state index contributed by atoms with van der Waals surface area (Å²) in [5, 5.41) is 19.8. The van der Waals surface area contributed by atoms with Crippen molar-refractivity contribution in [3.8, 4) is 16.5 Å². The van der Waals surface area contributed by atoms with Gasteiger partial charge in [0.25, 0.3) is 5.56 Å². The topological polar surface area (TPSA) is 103 Å². The zero-order valence-corrected chi connectivity index (χ0v) is 10.5. The number of hydrogen-bond donors (Lipinski definition) is 3. The van der Waals surface area contributed by atoms with Crippen molar-refractivity contribution in [1.82, 2.24) is 9.97 Å². The molecule has 0 bridgehead atoms. The van der Waals surface area contributed by atoms with E-state index in [1.165, 1.54) is 11.3 Å². The van der Waals surface area contributed by atoms with Crippen LogP contribution in [0.15, 0.2) is 20.7 Å². The second-order valence-electron chi connectivity index (χ2n) is 3.05. The van der Waals surface area contributed by atoms with Crippen molar-refractivity contribution >= 4 is 33.2 Å². The number of aromatic hydroxyl groups is 1. The zero-order chi connectivity index (χ0) is 12.6. The highest BCUT2D eigenvalue weighted by Crippen LogP contribution is 2.27. The van der Waals surface area contributed by atoms with Crippen LogP contribution >= 0.6 is 27.3 Å². The van der Waals surface area contributed by atoms with Crippen LogP contribution in [0.1, 0.15) is 10.5 Å². The predicted octanol–water partition coefficient (Wildman–Crippen LogP) is 1.66. The lowest BCUT2D eigenvalue weighted by Gasteiger charge is -2.01. The predicted molar refractivity (Wildman–Crippen MR) is 64.5 cm³/mol. The fourth-order valence-corrected chi connectivity index (χ4v) is 2.54. The average Bonchev–Trinajstić information content (AvgIpc) is 2.68. The van der Waals surface area contributed by atoms with Gasteiger partial charge in [-0.15, -0.1) is 11.3 Å². The summed E-state index contributed by atoms with van der Waals surface area (Å²) in [4.78, 5) is 28.7. The number of H-pyrrole nitrogens is 1. The van der Waals surface area contributed by atoms with Crippen LogP contribution in [0.3, 0.4) is 0 Å². The highest BCUT2D eigenvalue weighted by Gasteiger charge is 2.17. The maximum Gasteiger partial charge on any atom is 0.358 e. The maximum absolute atomic E-state index is 11.3. The highest BCUT2D eigenvalue weighted by atomic mass is 79.9. The van der Waals surface area contributed by atoms with Gasteiger partial charge in [-0.25, -0.2) is 9.78 Å². The molecule has 6 nitrogen and oxygen atoms in total. The first-order valence-corrected chi connectivity index (χ1v) is 5.97. The first kappa shape index (κ1) is 11.8. The minimum atomic E-state index is -1.45. The van der Waals surface area contributed by atoms with E-state index in [2.05, 4.69) is 25.9 Å². The first-order chi connectivity index (χ1) is 7.99. The molecule has 0 aliphatic heterocycles. The van der Waals surface area contributed by atoms with Crippen LogP contribution in [-0.2, 0) is 0 Å². The number of thiophene rings is 1. The molecule has 0 unspecified atom stereocenters. The molecule has 2 aromatic rings. The summed E-state index contributed by atoms with van der Waals surface area (Å²) in [7, 11) is 0. The van der Waals surface area contributed by atoms with Crippen molar-refractivity contribution in [1.29, 1.82) is 0 Å². The van der Waals surface area contributed by atoms with E-state index in [9.17, 15) is 14.7 Å². The highest BCUT2D eigenvalue weighted by molar-refractivity contribution is 9.10. The number of aromatic carboxylic acids is 1. The monoisotopic (exact) mass is 316 g/mol. The molecule has 88 valence electrons. The Morgan fingerprint density at radius 1 is 1.53 bits per heavy atom. The molecule has 0 aliphatic rings. The first-order valence-electron chi connectivity index (χ1n) is 4.30. The average molecular weight is 317 g/mol. The van der Waals surface area contributed by atoms with Gasteiger partial charge in [0, 0.05) is 9.85 Å². The Balaban J connectivity index is 2.65. The van der Waals surface area contributed by atoms with Crippen LogP contribution < -0.4 is 5.56 Å². The molecular formula is C9H5BrN2O4S. The van der Waals surface area contributed by atoms with Gasteiger partial charge in [-0.3, -0.25) is 4.79 Å². The molecule has 3 N–H and O–H groups in total. The van der Waals surface area contributed by atoms with Crippen molar-refractivity contribution in [3.05, 3.63) is 32.0 Å². The van der Waals surface area contributed by atoms with Crippen LogP contribution in [0, 0.1) is 0 Å². The third-order valence-corrected chi connectivity index (χ3v) is 3.60. The quantitative estimate of drug-likeness (QED) is 0.781. The Labute approximate surface area is 107 Å². The van der Waals surface area contributed by atoms with Gasteiger partial charge >= 0.3 is 5.97 Å². The van der Waals surface area contributed by atoms with Gasteiger partial charge in [-0.05, 0) is 22.0 Å². The number of aromatic nitrogens is 2. The zero-order valence-electron chi connectivity index (χ0n) is 8.10. The third kappa shape index (κ3) is 2.22. The molecule has 2 rings (SSSR count). The third-order valence-electron chi connectivity index (χ3n) is 1.90. The summed E-state index contributed by atoms with van der Waals surface area (Å²) in [5.41, 5.74) is -1.54. The number of nitrogens with one attached hydrogen (secondary N) is 1. The van der Waals surface area contributed by atoms with E-state index >= 15 is 0 Å². The summed E-state index contributed by atoms with van der Waals surface area (Å²) < 4.78 is 0.796. The Kier molecular flexibility index (Phi) is 2.99. The summed E-state index contributed by atoms with van der Waals surface area (Å²) in [6.07, 6.45) is 0. The molecule has 0 fully saturated rings. The Morgan fingerprint density at radius 2 is 2.24 bits per heavy atom. The second-order valence-corrected chi connectivity index (χ2v) is 4.87. The normalized spacial score (nSPS) is 10.4. The van der Waals surface area contributed by atoms with Gasteiger partial charge in [0.1, 0.15) is 0 Å². The number of nitrogens with zero attached hydrogens (tertiary/aromatic N) is 1. The number of aromatic amines is 1. The maximum atomic E-state index is 11.3. The van der Waals surface area contributed by atoms with Gasteiger partial charge in [0.2, 0.25) is 5.75 Å². The number of hydrogen-bond acceptors (Lipinski definition) is 5. The molecule has 0 amide bonds. The van der Waals surface area contributed by atoms with Gasteiger partial charge in [0.05, 0.1) is 4.88 Å². The largest absolute Gasteiger partial charge is 0.501 e. The number of carboxylic acids is 1. The van der Waals surface area contributed by atoms with E-state index in [-0.39, 0.29) is 5.82 Å². The minimum Gasteiger partial charge on any atom is -0.501 e. The SMILES string of the molecule is O=C(O)c1nc(-c2cc(Br)cs2)[nH]c(=O)c1O. The van der Waals surface area contributed by atoms with Gasteiger partial charge in [0.15, 0.2) is 11.5 Å². The summed E-state index contributed by atoms with van der Waals surface area (Å²) >= 11 is 4.52. The Hall–Kier alpha value is -1.67. The lowest BCUT2D eigenvalue weighted by Crippen LogP contribution is -2.14. The van der Waals surface area contributed by atoms with E-state index in [4.69, 9.17) is 5.11 Å².